The zero-order chi connectivity index (χ0) is 14.8. The van der Waals surface area contributed by atoms with Gasteiger partial charge in [0.25, 0.3) is 0 Å². The van der Waals surface area contributed by atoms with Gasteiger partial charge in [0.2, 0.25) is 11.8 Å². The lowest BCUT2D eigenvalue weighted by Gasteiger charge is -2.32. The number of likely N-dealkylation sites (N-methyl/N-ethyl adjacent to an activating group) is 1. The summed E-state index contributed by atoms with van der Waals surface area (Å²) in [6, 6.07) is 0.353. The first-order valence-corrected chi connectivity index (χ1v) is 8.43. The molecule has 1 N–H and O–H groups in total. The molecule has 2 saturated carbocycles. The molecule has 0 radical (unpaired) electrons. The lowest BCUT2D eigenvalue weighted by Crippen LogP contribution is -2.48. The summed E-state index contributed by atoms with van der Waals surface area (Å²) in [5.41, 5.74) is 0. The molecule has 2 unspecified atom stereocenters. The first-order chi connectivity index (χ1) is 10.1. The molecule has 2 atom stereocenters. The van der Waals surface area contributed by atoms with Crippen molar-refractivity contribution in [3.05, 3.63) is 0 Å². The monoisotopic (exact) mass is 293 g/mol. The van der Waals surface area contributed by atoms with Gasteiger partial charge in [0, 0.05) is 32.2 Å². The van der Waals surface area contributed by atoms with Crippen LogP contribution in [-0.4, -0.2) is 60.9 Å². The van der Waals surface area contributed by atoms with Crippen LogP contribution in [0.4, 0.5) is 0 Å². The summed E-state index contributed by atoms with van der Waals surface area (Å²) < 4.78 is 0. The first kappa shape index (κ1) is 14.8. The molecule has 1 aliphatic heterocycles. The van der Waals surface area contributed by atoms with E-state index in [1.807, 2.05) is 4.90 Å². The third-order valence-electron chi connectivity index (χ3n) is 5.21. The van der Waals surface area contributed by atoms with E-state index in [9.17, 15) is 9.59 Å². The zero-order valence-electron chi connectivity index (χ0n) is 13.0. The minimum absolute atomic E-state index is 0.0444. The lowest BCUT2D eigenvalue weighted by atomic mass is 9.95. The second-order valence-electron chi connectivity index (χ2n) is 6.92. The number of nitrogens with one attached hydrogen (secondary N) is 1. The summed E-state index contributed by atoms with van der Waals surface area (Å²) in [7, 11) is 2.08. The smallest absolute Gasteiger partial charge is 0.226 e. The SMILES string of the molecule is CN1CCN(C(=O)C2CC2C(=O)NC2CCCCC2)CC1. The molecule has 1 heterocycles. The van der Waals surface area contributed by atoms with Gasteiger partial charge in [-0.3, -0.25) is 9.59 Å². The van der Waals surface area contributed by atoms with Crippen molar-refractivity contribution in [2.75, 3.05) is 33.2 Å². The molecule has 3 fully saturated rings. The third-order valence-corrected chi connectivity index (χ3v) is 5.21. The van der Waals surface area contributed by atoms with Crippen LogP contribution in [0, 0.1) is 11.8 Å². The predicted octanol–water partition coefficient (Wildman–Crippen LogP) is 0.845. The number of carbonyl (C=O) groups excluding carboxylic acids is 2. The zero-order valence-corrected chi connectivity index (χ0v) is 13.0. The number of piperazine rings is 1. The van der Waals surface area contributed by atoms with Gasteiger partial charge in [0.05, 0.1) is 11.8 Å². The minimum atomic E-state index is -0.0564. The van der Waals surface area contributed by atoms with Crippen LogP contribution in [0.15, 0.2) is 0 Å². The van der Waals surface area contributed by atoms with Crippen molar-refractivity contribution in [2.45, 2.75) is 44.6 Å². The fourth-order valence-electron chi connectivity index (χ4n) is 3.57. The molecule has 5 nitrogen and oxygen atoms in total. The van der Waals surface area contributed by atoms with Gasteiger partial charge in [-0.15, -0.1) is 0 Å². The number of hydrogen-bond acceptors (Lipinski definition) is 3. The van der Waals surface area contributed by atoms with Gasteiger partial charge >= 0.3 is 0 Å². The normalized spacial score (nSPS) is 31.0. The molecular weight excluding hydrogens is 266 g/mol. The number of carbonyl (C=O) groups is 2. The molecule has 0 bridgehead atoms. The van der Waals surface area contributed by atoms with Crippen LogP contribution in [0.2, 0.25) is 0 Å². The van der Waals surface area contributed by atoms with Gasteiger partial charge in [0.15, 0.2) is 0 Å². The maximum atomic E-state index is 12.4. The maximum absolute atomic E-state index is 12.4. The Morgan fingerprint density at radius 2 is 1.62 bits per heavy atom. The third kappa shape index (κ3) is 3.57. The number of nitrogens with zero attached hydrogens (tertiary/aromatic N) is 2. The Hall–Kier alpha value is -1.10. The van der Waals surface area contributed by atoms with Crippen molar-refractivity contribution in [1.29, 1.82) is 0 Å². The highest BCUT2D eigenvalue weighted by Crippen LogP contribution is 2.40. The van der Waals surface area contributed by atoms with E-state index in [0.717, 1.165) is 45.4 Å². The van der Waals surface area contributed by atoms with Crippen LogP contribution >= 0.6 is 0 Å². The quantitative estimate of drug-likeness (QED) is 0.839. The second-order valence-corrected chi connectivity index (χ2v) is 6.92. The molecule has 0 aromatic heterocycles. The molecule has 5 heteroatoms. The Balaban J connectivity index is 1.44. The Bertz CT molecular complexity index is 398. The average molecular weight is 293 g/mol. The van der Waals surface area contributed by atoms with E-state index in [4.69, 9.17) is 0 Å². The molecule has 3 rings (SSSR count). The summed E-state index contributed by atoms with van der Waals surface area (Å²) in [5.74, 6) is 0.220. The number of amides is 2. The van der Waals surface area contributed by atoms with Crippen LogP contribution in [-0.2, 0) is 9.59 Å². The van der Waals surface area contributed by atoms with Crippen LogP contribution in [0.25, 0.3) is 0 Å². The van der Waals surface area contributed by atoms with Crippen LogP contribution < -0.4 is 5.32 Å². The summed E-state index contributed by atoms with van der Waals surface area (Å²) >= 11 is 0. The second kappa shape index (κ2) is 6.34. The highest BCUT2D eigenvalue weighted by Gasteiger charge is 2.49. The molecule has 0 aromatic carbocycles. The molecule has 2 aliphatic carbocycles. The molecular formula is C16H27N3O2. The standard InChI is InChI=1S/C16H27N3O2/c1-18-7-9-19(10-8-18)16(21)14-11-13(14)15(20)17-12-5-3-2-4-6-12/h12-14H,2-11H2,1H3,(H,17,20). The first-order valence-electron chi connectivity index (χ1n) is 8.43. The van der Waals surface area contributed by atoms with Gasteiger partial charge in [-0.05, 0) is 26.3 Å². The molecule has 2 amide bonds. The minimum Gasteiger partial charge on any atom is -0.353 e. The molecule has 118 valence electrons. The van der Waals surface area contributed by atoms with Crippen LogP contribution in [0.1, 0.15) is 38.5 Å². The van der Waals surface area contributed by atoms with E-state index in [2.05, 4.69) is 17.3 Å². The summed E-state index contributed by atoms with van der Waals surface area (Å²) in [4.78, 5) is 28.8. The number of rotatable bonds is 3. The molecule has 0 aromatic rings. The van der Waals surface area contributed by atoms with E-state index in [1.54, 1.807) is 0 Å². The van der Waals surface area contributed by atoms with Crippen molar-refractivity contribution < 1.29 is 9.59 Å². The Kier molecular flexibility index (Phi) is 4.48. The Morgan fingerprint density at radius 1 is 0.952 bits per heavy atom. The van der Waals surface area contributed by atoms with Crippen molar-refractivity contribution in [3.63, 3.8) is 0 Å². The van der Waals surface area contributed by atoms with E-state index in [-0.39, 0.29) is 23.7 Å². The van der Waals surface area contributed by atoms with Gasteiger partial charge in [-0.2, -0.15) is 0 Å². The highest BCUT2D eigenvalue weighted by molar-refractivity contribution is 5.92. The van der Waals surface area contributed by atoms with E-state index in [0.29, 0.717) is 6.04 Å². The van der Waals surface area contributed by atoms with Gasteiger partial charge < -0.3 is 15.1 Å². The summed E-state index contributed by atoms with van der Waals surface area (Å²) in [6.07, 6.45) is 6.70. The largest absolute Gasteiger partial charge is 0.353 e. The van der Waals surface area contributed by atoms with E-state index in [1.165, 1.54) is 19.3 Å². The van der Waals surface area contributed by atoms with Crippen LogP contribution in [0.5, 0.6) is 0 Å². The van der Waals surface area contributed by atoms with Crippen molar-refractivity contribution >= 4 is 11.8 Å². The summed E-state index contributed by atoms with van der Waals surface area (Å²) in [6.45, 7) is 3.50. The predicted molar refractivity (Wildman–Crippen MR) is 80.7 cm³/mol. The van der Waals surface area contributed by atoms with Gasteiger partial charge in [0.1, 0.15) is 0 Å². The van der Waals surface area contributed by atoms with E-state index >= 15 is 0 Å². The van der Waals surface area contributed by atoms with Crippen molar-refractivity contribution in [2.24, 2.45) is 11.8 Å². The van der Waals surface area contributed by atoms with Crippen LogP contribution in [0.3, 0.4) is 0 Å². The molecule has 0 spiro atoms. The topological polar surface area (TPSA) is 52.7 Å². The number of hydrogen-bond donors (Lipinski definition) is 1. The lowest BCUT2D eigenvalue weighted by molar-refractivity contribution is -0.136. The highest BCUT2D eigenvalue weighted by atomic mass is 16.2. The summed E-state index contributed by atoms with van der Waals surface area (Å²) in [5, 5.41) is 3.16. The fraction of sp³-hybridized carbons (Fsp3) is 0.875. The fourth-order valence-corrected chi connectivity index (χ4v) is 3.57. The molecule has 1 saturated heterocycles. The Labute approximate surface area is 127 Å². The van der Waals surface area contributed by atoms with Gasteiger partial charge in [-0.25, -0.2) is 0 Å². The Morgan fingerprint density at radius 3 is 2.29 bits per heavy atom. The maximum Gasteiger partial charge on any atom is 0.226 e. The van der Waals surface area contributed by atoms with E-state index < -0.39 is 0 Å². The molecule has 3 aliphatic rings. The van der Waals surface area contributed by atoms with Crippen molar-refractivity contribution in [1.82, 2.24) is 15.1 Å². The molecule has 21 heavy (non-hydrogen) atoms. The average Bonchev–Trinajstić information content (AvgIpc) is 3.29. The van der Waals surface area contributed by atoms with Gasteiger partial charge in [-0.1, -0.05) is 19.3 Å². The van der Waals surface area contributed by atoms with Crippen molar-refractivity contribution in [3.8, 4) is 0 Å².